The van der Waals surface area contributed by atoms with Gasteiger partial charge in [-0.05, 0) is 29.9 Å². The minimum absolute atomic E-state index is 0.0695. The number of sulfone groups is 1. The zero-order valence-corrected chi connectivity index (χ0v) is 17.1. The summed E-state index contributed by atoms with van der Waals surface area (Å²) in [4.78, 5) is 14.2. The van der Waals surface area contributed by atoms with Crippen molar-refractivity contribution < 1.29 is 13.2 Å². The lowest BCUT2D eigenvalue weighted by Crippen LogP contribution is -2.22. The van der Waals surface area contributed by atoms with E-state index in [4.69, 9.17) is 0 Å². The molecule has 0 atom stereocenters. The van der Waals surface area contributed by atoms with Crippen LogP contribution in [0.3, 0.4) is 0 Å². The van der Waals surface area contributed by atoms with Crippen molar-refractivity contribution in [3.05, 3.63) is 101 Å². The molecule has 4 nitrogen and oxygen atoms in total. The molecule has 0 radical (unpaired) electrons. The Labute approximate surface area is 166 Å². The van der Waals surface area contributed by atoms with Gasteiger partial charge in [-0.25, -0.2) is 8.42 Å². The standard InChI is InChI=1S/C23H23NO3S/c1-6-16-19(7-2)28(26,27)20(22(16)25)14-10-11-15-21-23(3,4)17-12-8-9-13-18(17)24(21)5/h6-15H,1-2H2,3-5H3/b11-10+,20-14-,21-15+. The van der Waals surface area contributed by atoms with Crippen LogP contribution < -0.4 is 4.90 Å². The Morgan fingerprint density at radius 2 is 1.68 bits per heavy atom. The number of carbonyl (C=O) groups is 1. The fourth-order valence-corrected chi connectivity index (χ4v) is 5.33. The number of benzene rings is 1. The fourth-order valence-electron chi connectivity index (χ4n) is 3.80. The molecule has 144 valence electrons. The molecule has 0 fully saturated rings. The van der Waals surface area contributed by atoms with Gasteiger partial charge in [0.1, 0.15) is 4.91 Å². The number of anilines is 1. The maximum atomic E-state index is 12.5. The Morgan fingerprint density at radius 3 is 2.25 bits per heavy atom. The fraction of sp³-hybridized carbons (Fsp3) is 0.174. The first-order valence-electron chi connectivity index (χ1n) is 8.89. The van der Waals surface area contributed by atoms with Gasteiger partial charge in [0.05, 0.1) is 4.91 Å². The summed E-state index contributed by atoms with van der Waals surface area (Å²) in [6.45, 7) is 11.3. The van der Waals surface area contributed by atoms with Crippen LogP contribution in [-0.4, -0.2) is 21.2 Å². The van der Waals surface area contributed by atoms with Crippen molar-refractivity contribution >= 4 is 21.3 Å². The maximum absolute atomic E-state index is 12.5. The van der Waals surface area contributed by atoms with Gasteiger partial charge in [-0.1, -0.05) is 63.4 Å². The molecule has 28 heavy (non-hydrogen) atoms. The van der Waals surface area contributed by atoms with Crippen molar-refractivity contribution in [1.29, 1.82) is 0 Å². The summed E-state index contributed by atoms with van der Waals surface area (Å²) in [6.07, 6.45) is 9.07. The highest BCUT2D eigenvalue weighted by molar-refractivity contribution is 8.00. The van der Waals surface area contributed by atoms with Gasteiger partial charge in [0, 0.05) is 29.4 Å². The number of hydrogen-bond donors (Lipinski definition) is 0. The second-order valence-electron chi connectivity index (χ2n) is 7.19. The van der Waals surface area contributed by atoms with Gasteiger partial charge in [0.25, 0.3) is 0 Å². The maximum Gasteiger partial charge on any atom is 0.211 e. The van der Waals surface area contributed by atoms with Crippen LogP contribution in [0.25, 0.3) is 0 Å². The van der Waals surface area contributed by atoms with Crippen LogP contribution in [0.5, 0.6) is 0 Å². The van der Waals surface area contributed by atoms with Crippen molar-refractivity contribution in [2.24, 2.45) is 0 Å². The number of ketones is 1. The van der Waals surface area contributed by atoms with Crippen LogP contribution in [0.4, 0.5) is 5.69 Å². The third-order valence-electron chi connectivity index (χ3n) is 5.26. The molecule has 0 bridgehead atoms. The highest BCUT2D eigenvalue weighted by Crippen LogP contribution is 2.46. The average Bonchev–Trinajstić information content (AvgIpc) is 2.97. The number of rotatable bonds is 4. The summed E-state index contributed by atoms with van der Waals surface area (Å²) in [6, 6.07) is 8.22. The van der Waals surface area contributed by atoms with E-state index in [9.17, 15) is 13.2 Å². The molecular formula is C23H23NO3S. The second-order valence-corrected chi connectivity index (χ2v) is 9.07. The number of likely N-dealkylation sites (N-methyl/N-ethyl adjacent to an activating group) is 1. The average molecular weight is 394 g/mol. The quantitative estimate of drug-likeness (QED) is 0.713. The monoisotopic (exact) mass is 393 g/mol. The Kier molecular flexibility index (Phi) is 4.90. The predicted octanol–water partition coefficient (Wildman–Crippen LogP) is 4.36. The van der Waals surface area contributed by atoms with E-state index < -0.39 is 15.6 Å². The number of hydrogen-bond acceptors (Lipinski definition) is 4. The molecule has 0 spiro atoms. The van der Waals surface area contributed by atoms with E-state index >= 15 is 0 Å². The first-order chi connectivity index (χ1) is 13.2. The van der Waals surface area contributed by atoms with Crippen molar-refractivity contribution in [3.63, 3.8) is 0 Å². The number of nitrogens with zero attached hydrogens (tertiary/aromatic N) is 1. The second kappa shape index (κ2) is 6.91. The topological polar surface area (TPSA) is 54.5 Å². The van der Waals surface area contributed by atoms with Gasteiger partial charge in [0.15, 0.2) is 0 Å². The molecule has 0 unspecified atom stereocenters. The molecule has 5 heteroatoms. The van der Waals surface area contributed by atoms with E-state index in [1.807, 2.05) is 25.3 Å². The van der Waals surface area contributed by atoms with E-state index in [1.54, 1.807) is 12.2 Å². The SMILES string of the molecule is C=CC1=C(C=C)S(=O)(=O)\C(=C/C=C/C=C2/N(C)c3ccccc3C2(C)C)C1=O. The van der Waals surface area contributed by atoms with Gasteiger partial charge < -0.3 is 4.90 Å². The first kappa shape index (κ1) is 19.8. The molecule has 3 rings (SSSR count). The number of fused-ring (bicyclic) bond motifs is 1. The molecule has 2 aliphatic heterocycles. The molecular weight excluding hydrogens is 370 g/mol. The lowest BCUT2D eigenvalue weighted by Gasteiger charge is -2.23. The summed E-state index contributed by atoms with van der Waals surface area (Å²) in [5.74, 6) is -0.548. The van der Waals surface area contributed by atoms with Gasteiger partial charge in [0.2, 0.25) is 15.6 Å². The number of carbonyl (C=O) groups excluding carboxylic acids is 1. The minimum Gasteiger partial charge on any atom is -0.347 e. The summed E-state index contributed by atoms with van der Waals surface area (Å²) in [7, 11) is -1.84. The van der Waals surface area contributed by atoms with E-state index in [0.29, 0.717) is 0 Å². The Bertz CT molecular complexity index is 1110. The van der Waals surface area contributed by atoms with E-state index in [1.165, 1.54) is 23.8 Å². The zero-order chi connectivity index (χ0) is 20.7. The van der Waals surface area contributed by atoms with Crippen LogP contribution in [0.2, 0.25) is 0 Å². The molecule has 0 aliphatic carbocycles. The minimum atomic E-state index is -3.85. The van der Waals surface area contributed by atoms with Gasteiger partial charge in [-0.3, -0.25) is 4.79 Å². The van der Waals surface area contributed by atoms with Crippen LogP contribution in [0.1, 0.15) is 19.4 Å². The lowest BCUT2D eigenvalue weighted by atomic mass is 9.84. The lowest BCUT2D eigenvalue weighted by molar-refractivity contribution is -0.111. The summed E-state index contributed by atoms with van der Waals surface area (Å²) < 4.78 is 25.1. The highest BCUT2D eigenvalue weighted by atomic mass is 32.2. The number of para-hydroxylation sites is 1. The smallest absolute Gasteiger partial charge is 0.211 e. The highest BCUT2D eigenvalue weighted by Gasteiger charge is 2.39. The number of Topliss-reactive ketones (excluding diaryl/α,β-unsaturated/α-hetero) is 1. The Hall–Kier alpha value is -2.92. The van der Waals surface area contributed by atoms with Crippen LogP contribution >= 0.6 is 0 Å². The Morgan fingerprint density at radius 1 is 1.04 bits per heavy atom. The third-order valence-corrected chi connectivity index (χ3v) is 7.12. The zero-order valence-electron chi connectivity index (χ0n) is 16.3. The van der Waals surface area contributed by atoms with E-state index in [0.717, 1.165) is 11.4 Å². The predicted molar refractivity (Wildman–Crippen MR) is 115 cm³/mol. The Balaban J connectivity index is 1.94. The van der Waals surface area contributed by atoms with Gasteiger partial charge in [-0.15, -0.1) is 0 Å². The van der Waals surface area contributed by atoms with Crippen molar-refractivity contribution in [2.45, 2.75) is 19.3 Å². The molecule has 2 aliphatic rings. The van der Waals surface area contributed by atoms with Gasteiger partial charge >= 0.3 is 0 Å². The molecule has 0 saturated carbocycles. The summed E-state index contributed by atoms with van der Waals surface area (Å²) >= 11 is 0. The molecule has 0 N–H and O–H groups in total. The molecule has 1 aromatic carbocycles. The van der Waals surface area contributed by atoms with E-state index in [2.05, 4.69) is 44.0 Å². The van der Waals surface area contributed by atoms with Crippen molar-refractivity contribution in [3.8, 4) is 0 Å². The van der Waals surface area contributed by atoms with Crippen molar-refractivity contribution in [1.82, 2.24) is 0 Å². The largest absolute Gasteiger partial charge is 0.347 e. The van der Waals surface area contributed by atoms with E-state index in [-0.39, 0.29) is 20.8 Å². The first-order valence-corrected chi connectivity index (χ1v) is 10.4. The van der Waals surface area contributed by atoms with Crippen LogP contribution in [-0.2, 0) is 20.0 Å². The number of allylic oxidation sites excluding steroid dienone is 9. The molecule has 0 amide bonds. The van der Waals surface area contributed by atoms with Crippen molar-refractivity contribution in [2.75, 3.05) is 11.9 Å². The molecule has 1 aromatic rings. The molecule has 0 saturated heterocycles. The molecule has 0 aromatic heterocycles. The van der Waals surface area contributed by atoms with Crippen LogP contribution in [0, 0.1) is 0 Å². The van der Waals surface area contributed by atoms with Gasteiger partial charge in [-0.2, -0.15) is 0 Å². The van der Waals surface area contributed by atoms with Crippen LogP contribution in [0.15, 0.2) is 95.0 Å². The summed E-state index contributed by atoms with van der Waals surface area (Å²) in [5.41, 5.74) is 3.36. The normalized spacial score (nSPS) is 23.1. The molecule has 2 heterocycles. The third kappa shape index (κ3) is 2.83. The summed E-state index contributed by atoms with van der Waals surface area (Å²) in [5, 5.41) is 0.